The van der Waals surface area contributed by atoms with Crippen molar-refractivity contribution in [2.24, 2.45) is 11.8 Å². The van der Waals surface area contributed by atoms with E-state index in [9.17, 15) is 5.11 Å². The van der Waals surface area contributed by atoms with E-state index in [0.717, 1.165) is 11.7 Å². The predicted molar refractivity (Wildman–Crippen MR) is 69.4 cm³/mol. The second-order valence-corrected chi connectivity index (χ2v) is 6.33. The predicted octanol–water partition coefficient (Wildman–Crippen LogP) is 3.71. The Hall–Kier alpha value is 0.310. The highest BCUT2D eigenvalue weighted by Crippen LogP contribution is 2.27. The average molecular weight is 230 g/mol. The maximum atomic E-state index is 10.1. The third-order valence-corrected chi connectivity index (χ3v) is 4.66. The van der Waals surface area contributed by atoms with E-state index in [-0.39, 0.29) is 6.10 Å². The van der Waals surface area contributed by atoms with E-state index in [1.54, 1.807) is 0 Å². The third-order valence-electron chi connectivity index (χ3n) is 3.18. The van der Waals surface area contributed by atoms with Gasteiger partial charge in [-0.3, -0.25) is 0 Å². The van der Waals surface area contributed by atoms with Crippen LogP contribution in [0.1, 0.15) is 52.4 Å². The van der Waals surface area contributed by atoms with Crippen molar-refractivity contribution in [2.45, 2.75) is 58.5 Å². The molecule has 0 aliphatic heterocycles. The van der Waals surface area contributed by atoms with Crippen LogP contribution in [0, 0.1) is 11.8 Å². The molecule has 1 atom stereocenters. The summed E-state index contributed by atoms with van der Waals surface area (Å²) in [6.07, 6.45) is 7.87. The van der Waals surface area contributed by atoms with E-state index in [0.29, 0.717) is 5.92 Å². The molecule has 15 heavy (non-hydrogen) atoms. The summed E-state index contributed by atoms with van der Waals surface area (Å²) in [6, 6.07) is 0. The van der Waals surface area contributed by atoms with E-state index in [1.165, 1.54) is 44.3 Å². The van der Waals surface area contributed by atoms with E-state index in [2.05, 4.69) is 13.8 Å². The van der Waals surface area contributed by atoms with Crippen molar-refractivity contribution in [2.75, 3.05) is 11.5 Å². The molecule has 2 heteroatoms. The molecular weight excluding hydrogens is 204 g/mol. The number of rotatable bonds is 5. The summed E-state index contributed by atoms with van der Waals surface area (Å²) in [5.41, 5.74) is 0. The zero-order chi connectivity index (χ0) is 11.1. The number of aliphatic hydroxyl groups excluding tert-OH is 1. The Bertz CT molecular complexity index is 151. The lowest BCUT2D eigenvalue weighted by Crippen LogP contribution is -2.22. The number of aliphatic hydroxyl groups is 1. The molecule has 0 spiro atoms. The van der Waals surface area contributed by atoms with Gasteiger partial charge in [-0.2, -0.15) is 11.8 Å². The molecule has 1 unspecified atom stereocenters. The first kappa shape index (κ1) is 13.4. The molecule has 1 N–H and O–H groups in total. The van der Waals surface area contributed by atoms with Crippen molar-refractivity contribution in [1.29, 1.82) is 0 Å². The highest BCUT2D eigenvalue weighted by atomic mass is 32.2. The second-order valence-electron chi connectivity index (χ2n) is 5.25. The SMILES string of the molecule is CC(C)CSCC(O)C1CCCCCC1. The van der Waals surface area contributed by atoms with E-state index in [4.69, 9.17) is 0 Å². The smallest absolute Gasteiger partial charge is 0.0658 e. The van der Waals surface area contributed by atoms with Gasteiger partial charge < -0.3 is 5.11 Å². The van der Waals surface area contributed by atoms with E-state index < -0.39 is 0 Å². The summed E-state index contributed by atoms with van der Waals surface area (Å²) in [5, 5.41) is 10.1. The van der Waals surface area contributed by atoms with Crippen LogP contribution in [0.4, 0.5) is 0 Å². The van der Waals surface area contributed by atoms with Gasteiger partial charge in [-0.25, -0.2) is 0 Å². The molecular formula is C13H26OS. The van der Waals surface area contributed by atoms with Gasteiger partial charge in [0.15, 0.2) is 0 Å². The van der Waals surface area contributed by atoms with Crippen LogP contribution in [0.3, 0.4) is 0 Å². The summed E-state index contributed by atoms with van der Waals surface area (Å²) < 4.78 is 0. The lowest BCUT2D eigenvalue weighted by Gasteiger charge is -2.21. The fraction of sp³-hybridized carbons (Fsp3) is 1.00. The molecule has 0 aromatic heterocycles. The van der Waals surface area contributed by atoms with Crippen LogP contribution in [0.5, 0.6) is 0 Å². The molecule has 0 radical (unpaired) electrons. The molecule has 1 saturated carbocycles. The highest BCUT2D eigenvalue weighted by molar-refractivity contribution is 7.99. The minimum absolute atomic E-state index is 0.0492. The Morgan fingerprint density at radius 2 is 1.67 bits per heavy atom. The minimum Gasteiger partial charge on any atom is -0.392 e. The fourth-order valence-electron chi connectivity index (χ4n) is 2.26. The first-order chi connectivity index (χ1) is 7.20. The topological polar surface area (TPSA) is 20.2 Å². The maximum Gasteiger partial charge on any atom is 0.0658 e. The summed E-state index contributed by atoms with van der Waals surface area (Å²) in [7, 11) is 0. The first-order valence-electron chi connectivity index (χ1n) is 6.46. The summed E-state index contributed by atoms with van der Waals surface area (Å²) in [4.78, 5) is 0. The van der Waals surface area contributed by atoms with Gasteiger partial charge in [0, 0.05) is 5.75 Å². The molecule has 0 aromatic rings. The van der Waals surface area contributed by atoms with Crippen LogP contribution in [0.2, 0.25) is 0 Å². The van der Waals surface area contributed by atoms with Gasteiger partial charge in [0.1, 0.15) is 0 Å². The maximum absolute atomic E-state index is 10.1. The molecule has 0 aromatic carbocycles. The Morgan fingerprint density at radius 3 is 2.20 bits per heavy atom. The van der Waals surface area contributed by atoms with Gasteiger partial charge in [-0.1, -0.05) is 39.5 Å². The fourth-order valence-corrected chi connectivity index (χ4v) is 3.38. The second kappa shape index (κ2) is 7.56. The molecule has 1 rings (SSSR count). The van der Waals surface area contributed by atoms with Crippen LogP contribution < -0.4 is 0 Å². The van der Waals surface area contributed by atoms with E-state index >= 15 is 0 Å². The normalized spacial score (nSPS) is 21.6. The molecule has 0 heterocycles. The van der Waals surface area contributed by atoms with Gasteiger partial charge in [-0.15, -0.1) is 0 Å². The summed E-state index contributed by atoms with van der Waals surface area (Å²) in [6.45, 7) is 4.48. The van der Waals surface area contributed by atoms with Crippen molar-refractivity contribution in [3.05, 3.63) is 0 Å². The number of hydrogen-bond acceptors (Lipinski definition) is 2. The Kier molecular flexibility index (Phi) is 6.74. The highest BCUT2D eigenvalue weighted by Gasteiger charge is 2.20. The van der Waals surface area contributed by atoms with Gasteiger partial charge in [0.2, 0.25) is 0 Å². The molecule has 1 fully saturated rings. The summed E-state index contributed by atoms with van der Waals surface area (Å²) >= 11 is 1.92. The molecule has 1 aliphatic rings. The third kappa shape index (κ3) is 5.82. The minimum atomic E-state index is -0.0492. The van der Waals surface area contributed by atoms with Gasteiger partial charge in [0.25, 0.3) is 0 Å². The van der Waals surface area contributed by atoms with Crippen LogP contribution >= 0.6 is 11.8 Å². The summed E-state index contributed by atoms with van der Waals surface area (Å²) in [5.74, 6) is 3.47. The zero-order valence-corrected chi connectivity index (χ0v) is 11.1. The van der Waals surface area contributed by atoms with Crippen LogP contribution in [-0.4, -0.2) is 22.7 Å². The molecule has 0 bridgehead atoms. The van der Waals surface area contributed by atoms with Crippen molar-refractivity contribution in [3.8, 4) is 0 Å². The average Bonchev–Trinajstić information content (AvgIpc) is 2.44. The van der Waals surface area contributed by atoms with Crippen molar-refractivity contribution in [3.63, 3.8) is 0 Å². The van der Waals surface area contributed by atoms with Crippen molar-refractivity contribution in [1.82, 2.24) is 0 Å². The standard InChI is InChI=1S/C13H26OS/c1-11(2)9-15-10-13(14)12-7-5-3-4-6-8-12/h11-14H,3-10H2,1-2H3. The van der Waals surface area contributed by atoms with E-state index in [1.807, 2.05) is 11.8 Å². The van der Waals surface area contributed by atoms with Crippen LogP contribution in [0.15, 0.2) is 0 Å². The molecule has 1 aliphatic carbocycles. The quantitative estimate of drug-likeness (QED) is 0.727. The van der Waals surface area contributed by atoms with Crippen LogP contribution in [0.25, 0.3) is 0 Å². The van der Waals surface area contributed by atoms with Crippen LogP contribution in [-0.2, 0) is 0 Å². The number of hydrogen-bond donors (Lipinski definition) is 1. The molecule has 0 amide bonds. The van der Waals surface area contributed by atoms with Gasteiger partial charge in [-0.05, 0) is 30.4 Å². The van der Waals surface area contributed by atoms with Gasteiger partial charge >= 0.3 is 0 Å². The van der Waals surface area contributed by atoms with Crippen molar-refractivity contribution >= 4 is 11.8 Å². The molecule has 1 nitrogen and oxygen atoms in total. The first-order valence-corrected chi connectivity index (χ1v) is 7.61. The zero-order valence-electron chi connectivity index (χ0n) is 10.2. The lowest BCUT2D eigenvalue weighted by molar-refractivity contribution is 0.120. The Balaban J connectivity index is 2.16. The molecule has 0 saturated heterocycles. The number of thioether (sulfide) groups is 1. The van der Waals surface area contributed by atoms with Crippen molar-refractivity contribution < 1.29 is 5.11 Å². The lowest BCUT2D eigenvalue weighted by atomic mass is 9.95. The molecule has 90 valence electrons. The largest absolute Gasteiger partial charge is 0.392 e. The Morgan fingerprint density at radius 1 is 1.07 bits per heavy atom. The van der Waals surface area contributed by atoms with Gasteiger partial charge in [0.05, 0.1) is 6.10 Å². The Labute approximate surface area is 99.0 Å². The monoisotopic (exact) mass is 230 g/mol.